The van der Waals surface area contributed by atoms with Gasteiger partial charge >= 0.3 is 0 Å². The number of aryl methyl sites for hydroxylation is 1. The zero-order chi connectivity index (χ0) is 20.4. The van der Waals surface area contributed by atoms with Gasteiger partial charge in [-0.05, 0) is 62.5 Å². The second kappa shape index (κ2) is 12.1. The number of nitro benzene ring substituents is 1. The van der Waals surface area contributed by atoms with Gasteiger partial charge in [0.2, 0.25) is 0 Å². The Balaban J connectivity index is 1.87. The normalized spacial score (nSPS) is 15.5. The summed E-state index contributed by atoms with van der Waals surface area (Å²) in [5, 5.41) is 12.1. The third-order valence-corrected chi connectivity index (χ3v) is 5.90. The molecule has 5 nitrogen and oxygen atoms in total. The molecule has 0 amide bonds. The molecule has 1 aromatic carbocycles. The van der Waals surface area contributed by atoms with E-state index in [1.165, 1.54) is 32.1 Å². The Hall–Kier alpha value is -1.53. The number of unbranched alkanes of at least 4 members (excludes halogenated alkanes) is 1. The Morgan fingerprint density at radius 3 is 2.71 bits per heavy atom. The Morgan fingerprint density at radius 1 is 1.32 bits per heavy atom. The van der Waals surface area contributed by atoms with Gasteiger partial charge in [-0.1, -0.05) is 45.2 Å². The molecule has 1 atom stereocenters. The van der Waals surface area contributed by atoms with Crippen LogP contribution >= 0.6 is 12.2 Å². The molecule has 1 aromatic rings. The fourth-order valence-electron chi connectivity index (χ4n) is 3.71. The van der Waals surface area contributed by atoms with Crippen LogP contribution < -0.4 is 0 Å². The minimum atomic E-state index is -0.273. The van der Waals surface area contributed by atoms with E-state index in [0.717, 1.165) is 37.2 Å². The number of nitro groups is 1. The van der Waals surface area contributed by atoms with Crippen molar-refractivity contribution in [1.82, 2.24) is 4.90 Å². The van der Waals surface area contributed by atoms with Crippen molar-refractivity contribution in [3.8, 4) is 0 Å². The van der Waals surface area contributed by atoms with E-state index in [1.54, 1.807) is 6.07 Å². The van der Waals surface area contributed by atoms with Gasteiger partial charge in [0.1, 0.15) is 0 Å². The first-order valence-electron chi connectivity index (χ1n) is 10.7. The smallest absolute Gasteiger partial charge is 0.272 e. The van der Waals surface area contributed by atoms with Crippen molar-refractivity contribution in [2.45, 2.75) is 71.8 Å². The number of thiocarbonyl (C=S) groups is 1. The molecule has 0 spiro atoms. The van der Waals surface area contributed by atoms with Crippen LogP contribution in [0.3, 0.4) is 0 Å². The number of rotatable bonds is 12. The highest BCUT2D eigenvalue weighted by molar-refractivity contribution is 7.80. The fraction of sp³-hybridized carbons (Fsp3) is 0.682. The van der Waals surface area contributed by atoms with E-state index in [1.807, 2.05) is 12.1 Å². The molecule has 0 aromatic heterocycles. The predicted molar refractivity (Wildman–Crippen MR) is 118 cm³/mol. The molecule has 2 rings (SSSR count). The van der Waals surface area contributed by atoms with E-state index in [2.05, 4.69) is 18.7 Å². The average Bonchev–Trinajstić information content (AvgIpc) is 3.20. The maximum atomic E-state index is 11.5. The van der Waals surface area contributed by atoms with E-state index in [0.29, 0.717) is 30.4 Å². The van der Waals surface area contributed by atoms with Crippen molar-refractivity contribution in [2.75, 3.05) is 19.7 Å². The molecule has 1 unspecified atom stereocenters. The predicted octanol–water partition coefficient (Wildman–Crippen LogP) is 5.68. The number of hydrogen-bond acceptors (Lipinski definition) is 5. The van der Waals surface area contributed by atoms with Crippen molar-refractivity contribution in [3.05, 3.63) is 39.4 Å². The number of benzene rings is 1. The van der Waals surface area contributed by atoms with E-state index in [4.69, 9.17) is 17.0 Å². The third-order valence-electron chi connectivity index (χ3n) is 5.57. The van der Waals surface area contributed by atoms with Gasteiger partial charge in [-0.3, -0.25) is 15.0 Å². The Morgan fingerprint density at radius 2 is 2.07 bits per heavy atom. The first-order valence-corrected chi connectivity index (χ1v) is 11.1. The molecular formula is C22H34N2O3S. The Bertz CT molecular complexity index is 645. The van der Waals surface area contributed by atoms with Gasteiger partial charge in [-0.25, -0.2) is 0 Å². The van der Waals surface area contributed by atoms with Crippen molar-refractivity contribution in [3.63, 3.8) is 0 Å². The van der Waals surface area contributed by atoms with Gasteiger partial charge in [0.25, 0.3) is 5.69 Å². The molecular weight excluding hydrogens is 372 g/mol. The molecule has 6 heteroatoms. The van der Waals surface area contributed by atoms with Crippen molar-refractivity contribution in [1.29, 1.82) is 0 Å². The van der Waals surface area contributed by atoms with Crippen LogP contribution in [-0.2, 0) is 17.7 Å². The molecule has 1 saturated heterocycles. The molecule has 0 radical (unpaired) electrons. The highest BCUT2D eigenvalue weighted by Gasteiger charge is 2.18. The van der Waals surface area contributed by atoms with Crippen molar-refractivity contribution < 1.29 is 9.66 Å². The second-order valence-corrected chi connectivity index (χ2v) is 8.26. The van der Waals surface area contributed by atoms with Crippen LogP contribution in [0, 0.1) is 16.0 Å². The minimum Gasteiger partial charge on any atom is -0.487 e. The lowest BCUT2D eigenvalue weighted by Crippen LogP contribution is -2.18. The average molecular weight is 407 g/mol. The Kier molecular flexibility index (Phi) is 9.85. The van der Waals surface area contributed by atoms with Crippen LogP contribution in [0.4, 0.5) is 5.69 Å². The number of ether oxygens (including phenoxy) is 1. The molecule has 0 N–H and O–H groups in total. The van der Waals surface area contributed by atoms with Crippen LogP contribution in [0.15, 0.2) is 18.2 Å². The van der Waals surface area contributed by atoms with Crippen molar-refractivity contribution >= 4 is 23.0 Å². The summed E-state index contributed by atoms with van der Waals surface area (Å²) in [5.74, 6) is 0.539. The first kappa shape index (κ1) is 22.8. The summed E-state index contributed by atoms with van der Waals surface area (Å²) in [6.07, 6.45) is 8.19. The topological polar surface area (TPSA) is 55.6 Å². The maximum Gasteiger partial charge on any atom is 0.272 e. The summed E-state index contributed by atoms with van der Waals surface area (Å²) in [6, 6.07) is 5.64. The quantitative estimate of drug-likeness (QED) is 0.254. The van der Waals surface area contributed by atoms with E-state index in [-0.39, 0.29) is 10.6 Å². The summed E-state index contributed by atoms with van der Waals surface area (Å²) in [6.45, 7) is 7.99. The molecule has 1 heterocycles. The highest BCUT2D eigenvalue weighted by Crippen LogP contribution is 2.24. The number of likely N-dealkylation sites (tertiary alicyclic amines) is 1. The fourth-order valence-corrected chi connectivity index (χ4v) is 3.88. The molecule has 0 aliphatic carbocycles. The molecule has 0 bridgehead atoms. The molecule has 0 saturated carbocycles. The van der Waals surface area contributed by atoms with Gasteiger partial charge in [0.05, 0.1) is 11.5 Å². The SMILES string of the molecule is CCCCC(CC)COC(=S)CCc1ccc(CN2CCCC2)cc1[N+](=O)[O-]. The Labute approximate surface area is 174 Å². The second-order valence-electron chi connectivity index (χ2n) is 7.80. The summed E-state index contributed by atoms with van der Waals surface area (Å²) < 4.78 is 5.78. The molecule has 156 valence electrons. The van der Waals surface area contributed by atoms with Crippen LogP contribution in [0.2, 0.25) is 0 Å². The summed E-state index contributed by atoms with van der Waals surface area (Å²) in [5.41, 5.74) is 1.95. The van der Waals surface area contributed by atoms with Gasteiger partial charge in [0.15, 0.2) is 5.05 Å². The minimum absolute atomic E-state index is 0.203. The van der Waals surface area contributed by atoms with Crippen LogP contribution in [0.5, 0.6) is 0 Å². The van der Waals surface area contributed by atoms with Gasteiger partial charge in [0, 0.05) is 24.6 Å². The van der Waals surface area contributed by atoms with Crippen LogP contribution in [0.1, 0.15) is 69.9 Å². The molecule has 1 aliphatic heterocycles. The summed E-state index contributed by atoms with van der Waals surface area (Å²) in [4.78, 5) is 13.6. The number of hydrogen-bond donors (Lipinski definition) is 0. The maximum absolute atomic E-state index is 11.5. The standard InChI is InChI=1S/C22H34N2O3S/c1-3-5-8-18(4-2)17-27-22(28)12-11-20-10-9-19(15-21(20)24(25)26)16-23-13-6-7-14-23/h9-10,15,18H,3-8,11-14,16-17H2,1-2H3. The van der Waals surface area contributed by atoms with E-state index in [9.17, 15) is 10.1 Å². The summed E-state index contributed by atoms with van der Waals surface area (Å²) >= 11 is 5.36. The molecule has 1 fully saturated rings. The van der Waals surface area contributed by atoms with Crippen LogP contribution in [0.25, 0.3) is 0 Å². The zero-order valence-electron chi connectivity index (χ0n) is 17.3. The molecule has 28 heavy (non-hydrogen) atoms. The van der Waals surface area contributed by atoms with Crippen LogP contribution in [-0.4, -0.2) is 34.6 Å². The van der Waals surface area contributed by atoms with Crippen molar-refractivity contribution in [2.24, 2.45) is 5.92 Å². The third kappa shape index (κ3) is 7.47. The monoisotopic (exact) mass is 406 g/mol. The lowest BCUT2D eigenvalue weighted by molar-refractivity contribution is -0.385. The lowest BCUT2D eigenvalue weighted by Gasteiger charge is -2.16. The van der Waals surface area contributed by atoms with Gasteiger partial charge < -0.3 is 4.74 Å². The largest absolute Gasteiger partial charge is 0.487 e. The first-order chi connectivity index (χ1) is 13.5. The van der Waals surface area contributed by atoms with E-state index >= 15 is 0 Å². The zero-order valence-corrected chi connectivity index (χ0v) is 18.1. The number of nitrogens with zero attached hydrogens (tertiary/aromatic N) is 2. The van der Waals surface area contributed by atoms with E-state index < -0.39 is 0 Å². The highest BCUT2D eigenvalue weighted by atomic mass is 32.1. The van der Waals surface area contributed by atoms with Gasteiger partial charge in [-0.2, -0.15) is 0 Å². The lowest BCUT2D eigenvalue weighted by atomic mass is 10.0. The summed E-state index contributed by atoms with van der Waals surface area (Å²) in [7, 11) is 0. The molecule has 1 aliphatic rings. The van der Waals surface area contributed by atoms with Gasteiger partial charge in [-0.15, -0.1) is 0 Å².